The van der Waals surface area contributed by atoms with Crippen molar-refractivity contribution in [1.29, 1.82) is 0 Å². The first-order chi connectivity index (χ1) is 10.0. The highest BCUT2D eigenvalue weighted by atomic mass is 16.5. The standard InChI is InChI=1S/C15H21NO5/c1-2-8-21-9-7-14(18)16-13(15(19)20)10-11-3-5-12(17)6-4-11/h3-6,13,17H,2,7-10H2,1H3,(H,16,18)(H,19,20). The third kappa shape index (κ3) is 6.76. The second-order valence-corrected chi connectivity index (χ2v) is 4.69. The maximum atomic E-state index is 11.7. The Morgan fingerprint density at radius 2 is 1.90 bits per heavy atom. The maximum absolute atomic E-state index is 11.7. The fourth-order valence-corrected chi connectivity index (χ4v) is 1.75. The van der Waals surface area contributed by atoms with Crippen LogP contribution in [-0.4, -0.2) is 41.3 Å². The number of phenolic OH excluding ortho intramolecular Hbond substituents is 1. The molecule has 0 aromatic heterocycles. The minimum absolute atomic E-state index is 0.114. The molecule has 1 unspecified atom stereocenters. The lowest BCUT2D eigenvalue weighted by atomic mass is 10.1. The van der Waals surface area contributed by atoms with Crippen molar-refractivity contribution < 1.29 is 24.5 Å². The molecule has 0 fully saturated rings. The molecular weight excluding hydrogens is 274 g/mol. The summed E-state index contributed by atoms with van der Waals surface area (Å²) in [7, 11) is 0. The number of aromatic hydroxyl groups is 1. The monoisotopic (exact) mass is 295 g/mol. The number of carbonyl (C=O) groups excluding carboxylic acids is 1. The number of benzene rings is 1. The van der Waals surface area contributed by atoms with Crippen molar-refractivity contribution in [3.05, 3.63) is 29.8 Å². The summed E-state index contributed by atoms with van der Waals surface area (Å²) in [5.41, 5.74) is 0.725. The lowest BCUT2D eigenvalue weighted by molar-refractivity contribution is -0.141. The molecule has 1 amide bonds. The SMILES string of the molecule is CCCOCCC(=O)NC(Cc1ccc(O)cc1)C(=O)O. The van der Waals surface area contributed by atoms with E-state index in [1.54, 1.807) is 12.1 Å². The topological polar surface area (TPSA) is 95.9 Å². The van der Waals surface area contributed by atoms with Crippen molar-refractivity contribution in [3.63, 3.8) is 0 Å². The van der Waals surface area contributed by atoms with Gasteiger partial charge in [-0.1, -0.05) is 19.1 Å². The van der Waals surface area contributed by atoms with E-state index in [2.05, 4.69) is 5.32 Å². The van der Waals surface area contributed by atoms with E-state index in [1.165, 1.54) is 12.1 Å². The van der Waals surface area contributed by atoms with Gasteiger partial charge in [0.1, 0.15) is 11.8 Å². The average molecular weight is 295 g/mol. The zero-order valence-electron chi connectivity index (χ0n) is 12.0. The van der Waals surface area contributed by atoms with Gasteiger partial charge in [0.25, 0.3) is 0 Å². The smallest absolute Gasteiger partial charge is 0.326 e. The van der Waals surface area contributed by atoms with Gasteiger partial charge in [-0.15, -0.1) is 0 Å². The van der Waals surface area contributed by atoms with Gasteiger partial charge in [0, 0.05) is 19.4 Å². The maximum Gasteiger partial charge on any atom is 0.326 e. The van der Waals surface area contributed by atoms with E-state index in [9.17, 15) is 14.7 Å². The normalized spacial score (nSPS) is 11.9. The molecule has 1 atom stereocenters. The molecule has 6 heteroatoms. The van der Waals surface area contributed by atoms with Crippen LogP contribution in [0.3, 0.4) is 0 Å². The summed E-state index contributed by atoms with van der Waals surface area (Å²) in [5, 5.41) is 20.8. The molecule has 6 nitrogen and oxygen atoms in total. The molecule has 1 aromatic carbocycles. The summed E-state index contributed by atoms with van der Waals surface area (Å²) < 4.78 is 5.19. The Labute approximate surface area is 123 Å². The van der Waals surface area contributed by atoms with Crippen LogP contribution in [0.2, 0.25) is 0 Å². The van der Waals surface area contributed by atoms with Gasteiger partial charge < -0.3 is 20.3 Å². The van der Waals surface area contributed by atoms with Crippen molar-refractivity contribution >= 4 is 11.9 Å². The molecule has 0 heterocycles. The Hall–Kier alpha value is -2.08. The molecule has 0 spiro atoms. The summed E-state index contributed by atoms with van der Waals surface area (Å²) in [6, 6.07) is 5.22. The van der Waals surface area contributed by atoms with Crippen LogP contribution in [0, 0.1) is 0 Å². The molecule has 3 N–H and O–H groups in total. The van der Waals surface area contributed by atoms with Gasteiger partial charge in [0.05, 0.1) is 6.61 Å². The number of carboxylic acids is 1. The third-order valence-corrected chi connectivity index (χ3v) is 2.83. The number of hydrogen-bond acceptors (Lipinski definition) is 4. The fourth-order valence-electron chi connectivity index (χ4n) is 1.75. The van der Waals surface area contributed by atoms with Gasteiger partial charge >= 0.3 is 5.97 Å². The average Bonchev–Trinajstić information content (AvgIpc) is 2.45. The van der Waals surface area contributed by atoms with Crippen LogP contribution in [0.25, 0.3) is 0 Å². The van der Waals surface area contributed by atoms with E-state index in [1.807, 2.05) is 6.92 Å². The van der Waals surface area contributed by atoms with Crippen LogP contribution >= 0.6 is 0 Å². The summed E-state index contributed by atoms with van der Waals surface area (Å²) in [4.78, 5) is 22.9. The number of phenols is 1. The molecule has 0 aliphatic carbocycles. The highest BCUT2D eigenvalue weighted by Gasteiger charge is 2.20. The van der Waals surface area contributed by atoms with E-state index in [-0.39, 0.29) is 31.1 Å². The Balaban J connectivity index is 2.48. The van der Waals surface area contributed by atoms with Crippen LogP contribution in [0.1, 0.15) is 25.3 Å². The van der Waals surface area contributed by atoms with Gasteiger partial charge in [-0.3, -0.25) is 4.79 Å². The summed E-state index contributed by atoms with van der Waals surface area (Å²) in [6.45, 7) is 2.84. The van der Waals surface area contributed by atoms with Crippen molar-refractivity contribution in [2.24, 2.45) is 0 Å². The molecule has 1 rings (SSSR count). The zero-order valence-corrected chi connectivity index (χ0v) is 12.0. The predicted octanol–water partition coefficient (Wildman–Crippen LogP) is 1.32. The van der Waals surface area contributed by atoms with E-state index < -0.39 is 12.0 Å². The van der Waals surface area contributed by atoms with Crippen molar-refractivity contribution in [2.45, 2.75) is 32.2 Å². The fraction of sp³-hybridized carbons (Fsp3) is 0.467. The molecule has 0 saturated carbocycles. The van der Waals surface area contributed by atoms with Crippen LogP contribution in [-0.2, 0) is 20.7 Å². The lowest BCUT2D eigenvalue weighted by Crippen LogP contribution is -2.42. The molecule has 0 radical (unpaired) electrons. The van der Waals surface area contributed by atoms with Gasteiger partial charge in [-0.05, 0) is 24.1 Å². The predicted molar refractivity (Wildman–Crippen MR) is 77.1 cm³/mol. The number of hydrogen-bond donors (Lipinski definition) is 3. The van der Waals surface area contributed by atoms with E-state index in [4.69, 9.17) is 9.84 Å². The highest BCUT2D eigenvalue weighted by molar-refractivity contribution is 5.83. The minimum atomic E-state index is -1.09. The second-order valence-electron chi connectivity index (χ2n) is 4.69. The number of nitrogens with one attached hydrogen (secondary N) is 1. The van der Waals surface area contributed by atoms with E-state index in [0.717, 1.165) is 12.0 Å². The number of aliphatic carboxylic acids is 1. The Morgan fingerprint density at radius 1 is 1.24 bits per heavy atom. The minimum Gasteiger partial charge on any atom is -0.508 e. The van der Waals surface area contributed by atoms with Crippen LogP contribution in [0.5, 0.6) is 5.75 Å². The molecule has 0 saturated heterocycles. The zero-order chi connectivity index (χ0) is 15.7. The van der Waals surface area contributed by atoms with E-state index >= 15 is 0 Å². The van der Waals surface area contributed by atoms with Crippen LogP contribution in [0.4, 0.5) is 0 Å². The molecule has 116 valence electrons. The first-order valence-corrected chi connectivity index (χ1v) is 6.90. The summed E-state index contributed by atoms with van der Waals surface area (Å²) in [6.07, 6.45) is 1.18. The Morgan fingerprint density at radius 3 is 2.48 bits per heavy atom. The van der Waals surface area contributed by atoms with Gasteiger partial charge in [-0.25, -0.2) is 4.79 Å². The molecule has 0 aliphatic heterocycles. The second kappa shape index (κ2) is 8.97. The third-order valence-electron chi connectivity index (χ3n) is 2.83. The Bertz CT molecular complexity index is 458. The summed E-state index contributed by atoms with van der Waals surface area (Å²) >= 11 is 0. The number of carboxylic acid groups (broad SMARTS) is 1. The first kappa shape index (κ1) is 17.0. The molecular formula is C15H21NO5. The Kier molecular flexibility index (Phi) is 7.25. The van der Waals surface area contributed by atoms with Crippen LogP contribution in [0.15, 0.2) is 24.3 Å². The quantitative estimate of drug-likeness (QED) is 0.597. The van der Waals surface area contributed by atoms with Gasteiger partial charge in [-0.2, -0.15) is 0 Å². The van der Waals surface area contributed by atoms with Gasteiger partial charge in [0.2, 0.25) is 5.91 Å². The van der Waals surface area contributed by atoms with Crippen LogP contribution < -0.4 is 5.32 Å². The molecule has 0 bridgehead atoms. The summed E-state index contributed by atoms with van der Waals surface area (Å²) in [5.74, 6) is -1.33. The molecule has 1 aromatic rings. The largest absolute Gasteiger partial charge is 0.508 e. The molecule has 21 heavy (non-hydrogen) atoms. The van der Waals surface area contributed by atoms with E-state index in [0.29, 0.717) is 6.61 Å². The number of ether oxygens (including phenoxy) is 1. The van der Waals surface area contributed by atoms with Gasteiger partial charge in [0.15, 0.2) is 0 Å². The molecule has 0 aliphatic rings. The highest BCUT2D eigenvalue weighted by Crippen LogP contribution is 2.11. The number of carbonyl (C=O) groups is 2. The van der Waals surface area contributed by atoms with Crippen molar-refractivity contribution in [3.8, 4) is 5.75 Å². The number of rotatable bonds is 9. The van der Waals surface area contributed by atoms with Crippen molar-refractivity contribution in [2.75, 3.05) is 13.2 Å². The number of amides is 1. The first-order valence-electron chi connectivity index (χ1n) is 6.90. The lowest BCUT2D eigenvalue weighted by Gasteiger charge is -2.14. The van der Waals surface area contributed by atoms with Crippen molar-refractivity contribution in [1.82, 2.24) is 5.32 Å².